The molecule has 0 saturated carbocycles. The fourth-order valence-electron chi connectivity index (χ4n) is 2.12. The predicted molar refractivity (Wildman–Crippen MR) is 77.9 cm³/mol. The molecule has 1 heterocycles. The zero-order chi connectivity index (χ0) is 13.5. The first kappa shape index (κ1) is 14.2. The number of hydrogen-bond acceptors (Lipinski definition) is 2. The van der Waals surface area contributed by atoms with Crippen molar-refractivity contribution >= 4 is 11.6 Å². The van der Waals surface area contributed by atoms with Crippen molar-refractivity contribution in [2.45, 2.75) is 32.3 Å². The molecule has 1 aliphatic rings. The summed E-state index contributed by atoms with van der Waals surface area (Å²) in [6.45, 7) is 3.52. The lowest BCUT2D eigenvalue weighted by atomic mass is 10.1. The fourth-order valence-corrected chi connectivity index (χ4v) is 2.19. The van der Waals surface area contributed by atoms with Crippen molar-refractivity contribution in [2.24, 2.45) is 0 Å². The van der Waals surface area contributed by atoms with Crippen molar-refractivity contribution in [1.29, 1.82) is 0 Å². The van der Waals surface area contributed by atoms with Crippen LogP contribution in [0.25, 0.3) is 0 Å². The van der Waals surface area contributed by atoms with Crippen molar-refractivity contribution in [3.05, 3.63) is 29.3 Å². The summed E-state index contributed by atoms with van der Waals surface area (Å²) in [7, 11) is 0. The number of halogens is 1. The monoisotopic (exact) mass is 278 g/mol. The summed E-state index contributed by atoms with van der Waals surface area (Å²) in [4.78, 5) is 0. The van der Waals surface area contributed by atoms with Gasteiger partial charge in [0.15, 0.2) is 0 Å². The van der Waals surface area contributed by atoms with Gasteiger partial charge in [0, 0.05) is 12.2 Å². The maximum absolute atomic E-state index is 5.79. The minimum absolute atomic E-state index is 0.241. The summed E-state index contributed by atoms with van der Waals surface area (Å²) in [6, 6.07) is 5.95. The van der Waals surface area contributed by atoms with E-state index in [-0.39, 0.29) is 6.10 Å². The second-order valence-corrected chi connectivity index (χ2v) is 4.98. The number of alkyl halides is 1. The Bertz CT molecular complexity index is 467. The lowest BCUT2D eigenvalue weighted by molar-refractivity contribution is -0.0110. The van der Waals surface area contributed by atoms with Crippen molar-refractivity contribution in [2.75, 3.05) is 19.1 Å². The van der Waals surface area contributed by atoms with E-state index in [1.54, 1.807) is 0 Å². The minimum Gasteiger partial charge on any atom is -0.491 e. The Morgan fingerprint density at radius 3 is 3.00 bits per heavy atom. The lowest BCUT2D eigenvalue weighted by Gasteiger charge is -2.22. The third kappa shape index (κ3) is 4.45. The van der Waals surface area contributed by atoms with Gasteiger partial charge in [0.25, 0.3) is 0 Å². The Kier molecular flexibility index (Phi) is 5.57. The Morgan fingerprint density at radius 1 is 1.42 bits per heavy atom. The molecule has 1 fully saturated rings. The van der Waals surface area contributed by atoms with E-state index in [1.807, 2.05) is 25.1 Å². The molecule has 2 rings (SSSR count). The van der Waals surface area contributed by atoms with Crippen LogP contribution in [0.15, 0.2) is 18.2 Å². The van der Waals surface area contributed by atoms with Gasteiger partial charge in [-0.05, 0) is 49.9 Å². The van der Waals surface area contributed by atoms with Crippen LogP contribution < -0.4 is 4.74 Å². The first-order chi connectivity index (χ1) is 9.29. The van der Waals surface area contributed by atoms with E-state index in [0.29, 0.717) is 12.5 Å². The molecular weight excluding hydrogens is 260 g/mol. The molecular formula is C16H19ClO2. The summed E-state index contributed by atoms with van der Waals surface area (Å²) >= 11 is 5.56. The van der Waals surface area contributed by atoms with Gasteiger partial charge in [-0.2, -0.15) is 0 Å². The highest BCUT2D eigenvalue weighted by molar-refractivity contribution is 6.19. The molecule has 1 aromatic rings. The molecule has 1 saturated heterocycles. The average molecular weight is 279 g/mol. The number of rotatable bonds is 3. The van der Waals surface area contributed by atoms with Crippen LogP contribution in [-0.2, 0) is 4.74 Å². The number of ether oxygens (including phenoxy) is 2. The Labute approximate surface area is 120 Å². The molecule has 1 atom stereocenters. The number of hydrogen-bond donors (Lipinski definition) is 0. The molecule has 0 radical (unpaired) electrons. The van der Waals surface area contributed by atoms with Crippen LogP contribution in [-0.4, -0.2) is 25.2 Å². The highest BCUT2D eigenvalue weighted by Gasteiger charge is 2.14. The number of benzene rings is 1. The second kappa shape index (κ2) is 7.43. The van der Waals surface area contributed by atoms with E-state index in [0.717, 1.165) is 29.9 Å². The molecule has 102 valence electrons. The molecule has 19 heavy (non-hydrogen) atoms. The van der Waals surface area contributed by atoms with Gasteiger partial charge < -0.3 is 9.47 Å². The van der Waals surface area contributed by atoms with Crippen LogP contribution in [0.1, 0.15) is 30.4 Å². The third-order valence-corrected chi connectivity index (χ3v) is 3.33. The molecule has 1 aromatic carbocycles. The second-order valence-electron chi connectivity index (χ2n) is 4.71. The summed E-state index contributed by atoms with van der Waals surface area (Å²) in [5.41, 5.74) is 2.11. The highest BCUT2D eigenvalue weighted by Crippen LogP contribution is 2.19. The van der Waals surface area contributed by atoms with Crippen LogP contribution in [0, 0.1) is 18.8 Å². The zero-order valence-electron chi connectivity index (χ0n) is 11.2. The van der Waals surface area contributed by atoms with E-state index >= 15 is 0 Å². The molecule has 0 amide bonds. The molecule has 0 N–H and O–H groups in total. The van der Waals surface area contributed by atoms with Crippen LogP contribution >= 0.6 is 11.6 Å². The highest BCUT2D eigenvalue weighted by atomic mass is 35.5. The topological polar surface area (TPSA) is 18.5 Å². The molecule has 2 nitrogen and oxygen atoms in total. The maximum atomic E-state index is 5.79. The van der Waals surface area contributed by atoms with Gasteiger partial charge in [-0.25, -0.2) is 0 Å². The van der Waals surface area contributed by atoms with Crippen molar-refractivity contribution in [1.82, 2.24) is 0 Å². The van der Waals surface area contributed by atoms with E-state index in [9.17, 15) is 0 Å². The first-order valence-corrected chi connectivity index (χ1v) is 7.23. The van der Waals surface area contributed by atoms with Gasteiger partial charge in [0.1, 0.15) is 12.4 Å². The van der Waals surface area contributed by atoms with Crippen LogP contribution in [0.3, 0.4) is 0 Å². The Morgan fingerprint density at radius 2 is 2.32 bits per heavy atom. The molecule has 0 aliphatic carbocycles. The average Bonchev–Trinajstić information content (AvgIpc) is 2.45. The minimum atomic E-state index is 0.241. The summed E-state index contributed by atoms with van der Waals surface area (Å²) in [6.07, 6.45) is 3.74. The smallest absolute Gasteiger partial charge is 0.119 e. The molecule has 1 aliphatic heterocycles. The van der Waals surface area contributed by atoms with Gasteiger partial charge in [0.05, 0.1) is 12.0 Å². The van der Waals surface area contributed by atoms with Gasteiger partial charge in [-0.1, -0.05) is 11.8 Å². The van der Waals surface area contributed by atoms with Crippen molar-refractivity contribution < 1.29 is 9.47 Å². The molecule has 1 unspecified atom stereocenters. The van der Waals surface area contributed by atoms with E-state index in [4.69, 9.17) is 21.1 Å². The third-order valence-electron chi connectivity index (χ3n) is 3.20. The fraction of sp³-hybridized carbons (Fsp3) is 0.500. The van der Waals surface area contributed by atoms with Gasteiger partial charge in [-0.15, -0.1) is 11.6 Å². The van der Waals surface area contributed by atoms with Gasteiger partial charge in [-0.3, -0.25) is 0 Å². The standard InChI is InChI=1S/C16H19ClO2/c1-13-11-15(8-7-14(13)5-4-9-17)19-12-16-6-2-3-10-18-16/h7-8,11,16H,2-3,6,9-10,12H2,1H3. The normalized spacial score (nSPS) is 18.5. The first-order valence-electron chi connectivity index (χ1n) is 6.69. The van der Waals surface area contributed by atoms with Gasteiger partial charge >= 0.3 is 0 Å². The summed E-state index contributed by atoms with van der Waals surface area (Å²) in [5, 5.41) is 0. The lowest BCUT2D eigenvalue weighted by Crippen LogP contribution is -2.25. The Hall–Kier alpha value is -1.17. The van der Waals surface area contributed by atoms with Crippen LogP contribution in [0.5, 0.6) is 5.75 Å². The predicted octanol–water partition coefficient (Wildman–Crippen LogP) is 3.53. The molecule has 3 heteroatoms. The molecule has 0 aromatic heterocycles. The Balaban J connectivity index is 1.92. The van der Waals surface area contributed by atoms with Crippen molar-refractivity contribution in [3.8, 4) is 17.6 Å². The summed E-state index contributed by atoms with van der Waals surface area (Å²) < 4.78 is 11.4. The SMILES string of the molecule is Cc1cc(OCC2CCCCO2)ccc1C#CCCl. The summed E-state index contributed by atoms with van der Waals surface area (Å²) in [5.74, 6) is 7.13. The largest absolute Gasteiger partial charge is 0.491 e. The zero-order valence-corrected chi connectivity index (χ0v) is 12.0. The van der Waals surface area contributed by atoms with Crippen LogP contribution in [0.2, 0.25) is 0 Å². The van der Waals surface area contributed by atoms with E-state index in [1.165, 1.54) is 12.8 Å². The van der Waals surface area contributed by atoms with Gasteiger partial charge in [0.2, 0.25) is 0 Å². The van der Waals surface area contributed by atoms with E-state index < -0.39 is 0 Å². The maximum Gasteiger partial charge on any atom is 0.119 e. The van der Waals surface area contributed by atoms with E-state index in [2.05, 4.69) is 11.8 Å². The molecule has 0 bridgehead atoms. The quantitative estimate of drug-likeness (QED) is 0.622. The molecule has 0 spiro atoms. The van der Waals surface area contributed by atoms with Crippen LogP contribution in [0.4, 0.5) is 0 Å². The van der Waals surface area contributed by atoms with Crippen molar-refractivity contribution in [3.63, 3.8) is 0 Å². The number of aryl methyl sites for hydroxylation is 1.